The van der Waals surface area contributed by atoms with Crippen molar-refractivity contribution < 1.29 is 13.2 Å². The topological polar surface area (TPSA) is 98.4 Å². The van der Waals surface area contributed by atoms with Gasteiger partial charge in [0.05, 0.1) is 28.5 Å². The minimum absolute atomic E-state index is 0.127. The average molecular weight is 391 g/mol. The molecule has 8 nitrogen and oxygen atoms in total. The van der Waals surface area contributed by atoms with E-state index in [9.17, 15) is 13.2 Å². The Hall–Kier alpha value is -2.23. The first-order valence-corrected chi connectivity index (χ1v) is 10.3. The Labute approximate surface area is 159 Å². The van der Waals surface area contributed by atoms with Gasteiger partial charge >= 0.3 is 0 Å². The third kappa shape index (κ3) is 4.37. The van der Waals surface area contributed by atoms with Gasteiger partial charge < -0.3 is 5.32 Å². The fraction of sp³-hybridized carbons (Fsp3) is 0.444. The lowest BCUT2D eigenvalue weighted by Gasteiger charge is -2.33. The highest BCUT2D eigenvalue weighted by Gasteiger charge is 2.29. The summed E-state index contributed by atoms with van der Waals surface area (Å²) >= 11 is 0. The molecule has 1 fully saturated rings. The van der Waals surface area contributed by atoms with Crippen molar-refractivity contribution in [1.29, 1.82) is 0 Å². The van der Waals surface area contributed by atoms with Crippen molar-refractivity contribution in [2.24, 2.45) is 0 Å². The van der Waals surface area contributed by atoms with Crippen LogP contribution in [0.3, 0.4) is 0 Å². The molecule has 27 heavy (non-hydrogen) atoms. The lowest BCUT2D eigenvalue weighted by atomic mass is 10.2. The fourth-order valence-electron chi connectivity index (χ4n) is 3.10. The molecule has 1 aromatic carbocycles. The molecule has 2 N–H and O–H groups in total. The summed E-state index contributed by atoms with van der Waals surface area (Å²) in [5.41, 5.74) is 3.29. The summed E-state index contributed by atoms with van der Waals surface area (Å²) in [6.07, 6.45) is 0. The van der Waals surface area contributed by atoms with Gasteiger partial charge in [-0.2, -0.15) is 9.40 Å². The highest BCUT2D eigenvalue weighted by atomic mass is 32.2. The van der Waals surface area contributed by atoms with Crippen molar-refractivity contribution in [3.63, 3.8) is 0 Å². The molecule has 146 valence electrons. The Balaban J connectivity index is 1.55. The summed E-state index contributed by atoms with van der Waals surface area (Å²) in [5.74, 6) is -0.127. The van der Waals surface area contributed by atoms with E-state index in [1.165, 1.54) is 4.31 Å². The number of aryl methyl sites for hydroxylation is 3. The number of nitrogens with zero attached hydrogens (tertiary/aromatic N) is 3. The van der Waals surface area contributed by atoms with Crippen molar-refractivity contribution in [3.05, 3.63) is 41.2 Å². The lowest BCUT2D eigenvalue weighted by Crippen LogP contribution is -2.50. The van der Waals surface area contributed by atoms with E-state index in [1.54, 1.807) is 24.3 Å². The maximum absolute atomic E-state index is 12.7. The van der Waals surface area contributed by atoms with E-state index in [-0.39, 0.29) is 12.5 Å². The van der Waals surface area contributed by atoms with Crippen molar-refractivity contribution in [3.8, 4) is 0 Å². The summed E-state index contributed by atoms with van der Waals surface area (Å²) in [4.78, 5) is 14.6. The second-order valence-corrected chi connectivity index (χ2v) is 8.79. The Morgan fingerprint density at radius 1 is 1.11 bits per heavy atom. The van der Waals surface area contributed by atoms with Crippen molar-refractivity contribution >= 4 is 21.6 Å². The van der Waals surface area contributed by atoms with Crippen LogP contribution >= 0.6 is 0 Å². The SMILES string of the molecule is Cc1ccc(S(=O)(=O)N2CCN(CC(=O)Nc3c(C)n[nH]c3C)CC2)cc1. The van der Waals surface area contributed by atoms with Gasteiger partial charge in [-0.05, 0) is 32.9 Å². The van der Waals surface area contributed by atoms with Gasteiger partial charge in [0.25, 0.3) is 0 Å². The molecule has 0 saturated carbocycles. The van der Waals surface area contributed by atoms with E-state index >= 15 is 0 Å². The molecular formula is C18H25N5O3S. The summed E-state index contributed by atoms with van der Waals surface area (Å²) in [7, 11) is -3.49. The van der Waals surface area contributed by atoms with Gasteiger partial charge in [0.15, 0.2) is 0 Å². The number of piperazine rings is 1. The molecule has 0 spiro atoms. The summed E-state index contributed by atoms with van der Waals surface area (Å²) in [6.45, 7) is 7.59. The number of carbonyl (C=O) groups excluding carboxylic acids is 1. The standard InChI is InChI=1S/C18H25N5O3S/c1-13-4-6-16(7-5-13)27(25,26)23-10-8-22(9-11-23)12-17(24)19-18-14(2)20-21-15(18)3/h4-7H,8-12H2,1-3H3,(H,19,24)(H,20,21). The van der Waals surface area contributed by atoms with E-state index in [1.807, 2.05) is 25.7 Å². The smallest absolute Gasteiger partial charge is 0.243 e. The summed E-state index contributed by atoms with van der Waals surface area (Å²) in [5, 5.41) is 9.77. The molecule has 0 unspecified atom stereocenters. The Morgan fingerprint density at radius 3 is 2.30 bits per heavy atom. The predicted octanol–water partition coefficient (Wildman–Crippen LogP) is 1.28. The van der Waals surface area contributed by atoms with E-state index in [0.717, 1.165) is 17.0 Å². The zero-order valence-electron chi connectivity index (χ0n) is 15.8. The van der Waals surface area contributed by atoms with Gasteiger partial charge in [0.1, 0.15) is 0 Å². The number of aromatic nitrogens is 2. The zero-order chi connectivity index (χ0) is 19.6. The second kappa shape index (κ2) is 7.79. The number of H-pyrrole nitrogens is 1. The number of sulfonamides is 1. The maximum Gasteiger partial charge on any atom is 0.243 e. The Morgan fingerprint density at radius 2 is 1.74 bits per heavy atom. The summed E-state index contributed by atoms with van der Waals surface area (Å²) in [6, 6.07) is 6.88. The van der Waals surface area contributed by atoms with Crippen LogP contribution in [-0.4, -0.2) is 66.5 Å². The molecule has 2 aromatic rings. The Bertz CT molecular complexity index is 893. The number of anilines is 1. The lowest BCUT2D eigenvalue weighted by molar-refractivity contribution is -0.117. The highest BCUT2D eigenvalue weighted by molar-refractivity contribution is 7.89. The first kappa shape index (κ1) is 19.5. The van der Waals surface area contributed by atoms with Crippen molar-refractivity contribution in [2.45, 2.75) is 25.7 Å². The van der Waals surface area contributed by atoms with Gasteiger partial charge in [-0.25, -0.2) is 8.42 Å². The fourth-order valence-corrected chi connectivity index (χ4v) is 4.53. The molecule has 1 saturated heterocycles. The second-order valence-electron chi connectivity index (χ2n) is 6.85. The van der Waals surface area contributed by atoms with Crippen LogP contribution in [-0.2, 0) is 14.8 Å². The molecule has 0 bridgehead atoms. The minimum atomic E-state index is -3.49. The molecule has 0 atom stereocenters. The predicted molar refractivity (Wildman–Crippen MR) is 103 cm³/mol. The molecular weight excluding hydrogens is 366 g/mol. The van der Waals surface area contributed by atoms with Gasteiger partial charge in [-0.15, -0.1) is 0 Å². The molecule has 0 radical (unpaired) electrons. The number of rotatable bonds is 5. The number of amides is 1. The van der Waals surface area contributed by atoms with Crippen LogP contribution < -0.4 is 5.32 Å². The first-order chi connectivity index (χ1) is 12.8. The van der Waals surface area contributed by atoms with Gasteiger partial charge in [0, 0.05) is 26.2 Å². The quantitative estimate of drug-likeness (QED) is 0.800. The summed E-state index contributed by atoms with van der Waals surface area (Å²) < 4.78 is 26.9. The van der Waals surface area contributed by atoms with E-state index in [4.69, 9.17) is 0 Å². The normalized spacial score (nSPS) is 16.4. The van der Waals surface area contributed by atoms with Crippen LogP contribution in [0.5, 0.6) is 0 Å². The van der Waals surface area contributed by atoms with Crippen LogP contribution in [0.2, 0.25) is 0 Å². The van der Waals surface area contributed by atoms with Gasteiger partial charge in [0.2, 0.25) is 15.9 Å². The van der Waals surface area contributed by atoms with E-state index in [2.05, 4.69) is 15.5 Å². The number of aromatic amines is 1. The molecule has 0 aliphatic carbocycles. The average Bonchev–Trinajstić information content (AvgIpc) is 2.94. The van der Waals surface area contributed by atoms with Gasteiger partial charge in [-0.1, -0.05) is 17.7 Å². The number of hydrogen-bond acceptors (Lipinski definition) is 5. The number of nitrogens with one attached hydrogen (secondary N) is 2. The van der Waals surface area contributed by atoms with Crippen molar-refractivity contribution in [2.75, 3.05) is 38.0 Å². The molecule has 1 aliphatic heterocycles. The molecule has 1 amide bonds. The number of hydrogen-bond donors (Lipinski definition) is 2. The highest BCUT2D eigenvalue weighted by Crippen LogP contribution is 2.19. The first-order valence-electron chi connectivity index (χ1n) is 8.88. The molecule has 1 aliphatic rings. The molecule has 1 aromatic heterocycles. The third-order valence-corrected chi connectivity index (χ3v) is 6.66. The molecule has 3 rings (SSSR count). The molecule has 2 heterocycles. The van der Waals surface area contributed by atoms with Crippen LogP contribution in [0.1, 0.15) is 17.0 Å². The monoisotopic (exact) mass is 391 g/mol. The maximum atomic E-state index is 12.7. The van der Waals surface area contributed by atoms with Crippen molar-refractivity contribution in [1.82, 2.24) is 19.4 Å². The van der Waals surface area contributed by atoms with E-state index < -0.39 is 10.0 Å². The largest absolute Gasteiger partial charge is 0.322 e. The third-order valence-electron chi connectivity index (χ3n) is 4.75. The van der Waals surface area contributed by atoms with Crippen LogP contribution in [0.25, 0.3) is 0 Å². The number of benzene rings is 1. The van der Waals surface area contributed by atoms with Gasteiger partial charge in [-0.3, -0.25) is 14.8 Å². The minimum Gasteiger partial charge on any atom is -0.322 e. The van der Waals surface area contributed by atoms with Crippen LogP contribution in [0.15, 0.2) is 29.2 Å². The number of carbonyl (C=O) groups is 1. The van der Waals surface area contributed by atoms with E-state index in [0.29, 0.717) is 36.8 Å². The molecule has 9 heteroatoms. The Kier molecular flexibility index (Phi) is 5.64. The van der Waals surface area contributed by atoms with Crippen LogP contribution in [0, 0.1) is 20.8 Å². The zero-order valence-corrected chi connectivity index (χ0v) is 16.6. The van der Waals surface area contributed by atoms with Crippen LogP contribution in [0.4, 0.5) is 5.69 Å².